The van der Waals surface area contributed by atoms with E-state index in [4.69, 9.17) is 4.74 Å². The van der Waals surface area contributed by atoms with Gasteiger partial charge in [0.25, 0.3) is 0 Å². The Bertz CT molecular complexity index is 921. The summed E-state index contributed by atoms with van der Waals surface area (Å²) < 4.78 is 5.43. The van der Waals surface area contributed by atoms with E-state index >= 15 is 0 Å². The van der Waals surface area contributed by atoms with Crippen LogP contribution in [0, 0.1) is 18.8 Å². The topological polar surface area (TPSA) is 108 Å². The molecule has 0 aromatic heterocycles. The van der Waals surface area contributed by atoms with Gasteiger partial charge in [0.1, 0.15) is 23.4 Å². The molecule has 0 aliphatic heterocycles. The molecule has 3 amide bonds. The van der Waals surface area contributed by atoms with Gasteiger partial charge in [-0.2, -0.15) is 0 Å². The highest BCUT2D eigenvalue weighted by Crippen LogP contribution is 2.35. The van der Waals surface area contributed by atoms with Crippen molar-refractivity contribution >= 4 is 17.9 Å². The van der Waals surface area contributed by atoms with Crippen molar-refractivity contribution in [2.45, 2.75) is 119 Å². The first-order chi connectivity index (χ1) is 17.0. The van der Waals surface area contributed by atoms with Gasteiger partial charge in [0.2, 0.25) is 11.8 Å². The molecule has 0 heterocycles. The lowest BCUT2D eigenvalue weighted by atomic mass is 9.93. The largest absolute Gasteiger partial charge is 0.507 e. The summed E-state index contributed by atoms with van der Waals surface area (Å²) >= 11 is 0. The summed E-state index contributed by atoms with van der Waals surface area (Å²) in [6.07, 6.45) is 0.796. The Hall–Kier alpha value is -2.77. The maximum absolute atomic E-state index is 14.3. The zero-order chi connectivity index (χ0) is 28.7. The van der Waals surface area contributed by atoms with Gasteiger partial charge in [0, 0.05) is 17.6 Å². The quantitative estimate of drug-likeness (QED) is 0.359. The third kappa shape index (κ3) is 9.90. The van der Waals surface area contributed by atoms with Crippen molar-refractivity contribution in [1.82, 2.24) is 15.5 Å². The average Bonchev–Trinajstić information content (AvgIpc) is 2.74. The van der Waals surface area contributed by atoms with Gasteiger partial charge >= 0.3 is 6.09 Å². The second-order valence-electron chi connectivity index (χ2n) is 12.0. The summed E-state index contributed by atoms with van der Waals surface area (Å²) in [4.78, 5) is 42.2. The molecule has 8 nitrogen and oxygen atoms in total. The first kappa shape index (κ1) is 32.3. The van der Waals surface area contributed by atoms with Crippen LogP contribution < -0.4 is 10.6 Å². The highest BCUT2D eigenvalue weighted by atomic mass is 16.6. The molecular formula is C29H49N3O5. The minimum absolute atomic E-state index is 0.0264. The number of hydrogen-bond donors (Lipinski definition) is 3. The first-order valence-electron chi connectivity index (χ1n) is 13.4. The van der Waals surface area contributed by atoms with E-state index in [1.54, 1.807) is 45.9 Å². The summed E-state index contributed by atoms with van der Waals surface area (Å²) in [6.45, 7) is 20.5. The number of amides is 3. The molecule has 0 aliphatic rings. The van der Waals surface area contributed by atoms with E-state index in [0.29, 0.717) is 23.5 Å². The first-order valence-corrected chi connectivity index (χ1v) is 13.4. The summed E-state index contributed by atoms with van der Waals surface area (Å²) in [5, 5.41) is 16.7. The number of para-hydroxylation sites is 1. The van der Waals surface area contributed by atoms with E-state index in [1.807, 2.05) is 34.6 Å². The molecule has 3 N–H and O–H groups in total. The van der Waals surface area contributed by atoms with E-state index in [-0.39, 0.29) is 29.7 Å². The third-order valence-electron chi connectivity index (χ3n) is 6.02. The highest BCUT2D eigenvalue weighted by molar-refractivity contribution is 5.93. The molecule has 0 saturated heterocycles. The smallest absolute Gasteiger partial charge is 0.408 e. The Labute approximate surface area is 223 Å². The SMILES string of the molecule is Cc1cccc(C(C(=O)NC(C)C)N(C(=O)C(NC(=O)OC(C)(C)C)C(C)C)C(C)CCC(C)C)c1O. The number of ether oxygens (including phenoxy) is 1. The Kier molecular flexibility index (Phi) is 11.9. The Morgan fingerprint density at radius 1 is 0.973 bits per heavy atom. The van der Waals surface area contributed by atoms with E-state index in [0.717, 1.165) is 6.42 Å². The molecule has 0 spiro atoms. The molecule has 0 saturated carbocycles. The molecule has 8 heteroatoms. The lowest BCUT2D eigenvalue weighted by Crippen LogP contribution is -2.57. The van der Waals surface area contributed by atoms with Gasteiger partial charge in [-0.05, 0) is 78.7 Å². The predicted octanol–water partition coefficient (Wildman–Crippen LogP) is 5.47. The number of hydrogen-bond acceptors (Lipinski definition) is 5. The fourth-order valence-electron chi connectivity index (χ4n) is 4.10. The number of rotatable bonds is 11. The number of aromatic hydroxyl groups is 1. The Morgan fingerprint density at radius 2 is 1.57 bits per heavy atom. The summed E-state index contributed by atoms with van der Waals surface area (Å²) in [5.74, 6) is -0.695. The van der Waals surface area contributed by atoms with E-state index in [9.17, 15) is 19.5 Å². The number of benzene rings is 1. The standard InChI is InChI=1S/C29H49N3O5/c1-17(2)15-16-21(8)32(27(35)23(18(3)4)31-28(36)37-29(9,10)11)24(26(34)30-19(5)6)22-14-12-13-20(7)25(22)33/h12-14,17-19,21,23-24,33H,15-16H2,1-11H3,(H,30,34)(H,31,36). The lowest BCUT2D eigenvalue weighted by Gasteiger charge is -2.40. The summed E-state index contributed by atoms with van der Waals surface area (Å²) in [5.41, 5.74) is 0.225. The van der Waals surface area contributed by atoms with Crippen LogP contribution in [0.1, 0.15) is 99.2 Å². The van der Waals surface area contributed by atoms with Crippen LogP contribution in [-0.2, 0) is 14.3 Å². The summed E-state index contributed by atoms with van der Waals surface area (Å²) in [6, 6.07) is 2.65. The monoisotopic (exact) mass is 519 g/mol. The number of nitrogens with zero attached hydrogens (tertiary/aromatic N) is 1. The van der Waals surface area contributed by atoms with E-state index in [2.05, 4.69) is 24.5 Å². The minimum atomic E-state index is -1.08. The van der Waals surface area contributed by atoms with Crippen molar-refractivity contribution in [3.05, 3.63) is 29.3 Å². The molecule has 1 aromatic carbocycles. The van der Waals surface area contributed by atoms with Crippen LogP contribution in [0.15, 0.2) is 18.2 Å². The fraction of sp³-hybridized carbons (Fsp3) is 0.690. The molecule has 3 unspecified atom stereocenters. The molecule has 1 rings (SSSR count). The third-order valence-corrected chi connectivity index (χ3v) is 6.02. The van der Waals surface area contributed by atoms with Crippen molar-refractivity contribution in [1.29, 1.82) is 0 Å². The van der Waals surface area contributed by atoms with Gasteiger partial charge in [-0.15, -0.1) is 0 Å². The molecule has 0 radical (unpaired) electrons. The van der Waals surface area contributed by atoms with Gasteiger partial charge in [0.05, 0.1) is 0 Å². The average molecular weight is 520 g/mol. The molecule has 210 valence electrons. The van der Waals surface area contributed by atoms with Crippen LogP contribution in [0.3, 0.4) is 0 Å². The van der Waals surface area contributed by atoms with Crippen LogP contribution in [-0.4, -0.2) is 51.6 Å². The number of phenolic OH excluding ortho intramolecular Hbond substituents is 1. The van der Waals surface area contributed by atoms with Gasteiger partial charge in [-0.25, -0.2) is 4.79 Å². The van der Waals surface area contributed by atoms with Gasteiger partial charge in [-0.3, -0.25) is 9.59 Å². The summed E-state index contributed by atoms with van der Waals surface area (Å²) in [7, 11) is 0. The van der Waals surface area contributed by atoms with Crippen LogP contribution in [0.5, 0.6) is 5.75 Å². The molecule has 0 aliphatic carbocycles. The van der Waals surface area contributed by atoms with Crippen LogP contribution in [0.2, 0.25) is 0 Å². The fourth-order valence-corrected chi connectivity index (χ4v) is 4.10. The molecule has 0 fully saturated rings. The molecule has 0 bridgehead atoms. The van der Waals surface area contributed by atoms with Crippen LogP contribution >= 0.6 is 0 Å². The Balaban J connectivity index is 3.68. The number of phenols is 1. The highest BCUT2D eigenvalue weighted by Gasteiger charge is 2.41. The van der Waals surface area contributed by atoms with Gasteiger partial charge < -0.3 is 25.4 Å². The van der Waals surface area contributed by atoms with Crippen molar-refractivity contribution in [3.63, 3.8) is 0 Å². The molecule has 37 heavy (non-hydrogen) atoms. The number of alkyl carbamates (subject to hydrolysis) is 1. The van der Waals surface area contributed by atoms with Crippen LogP contribution in [0.25, 0.3) is 0 Å². The van der Waals surface area contributed by atoms with E-state index in [1.165, 1.54) is 4.90 Å². The second-order valence-corrected chi connectivity index (χ2v) is 12.0. The zero-order valence-electron chi connectivity index (χ0n) is 24.6. The van der Waals surface area contributed by atoms with Gasteiger partial charge in [0.15, 0.2) is 0 Å². The predicted molar refractivity (Wildman–Crippen MR) is 147 cm³/mol. The Morgan fingerprint density at radius 3 is 2.05 bits per heavy atom. The van der Waals surface area contributed by atoms with E-state index < -0.39 is 29.7 Å². The maximum Gasteiger partial charge on any atom is 0.408 e. The number of aryl methyl sites for hydroxylation is 1. The van der Waals surface area contributed by atoms with Gasteiger partial charge in [-0.1, -0.05) is 45.9 Å². The van der Waals surface area contributed by atoms with Crippen molar-refractivity contribution in [3.8, 4) is 5.75 Å². The maximum atomic E-state index is 14.3. The second kappa shape index (κ2) is 13.7. The van der Waals surface area contributed by atoms with Crippen LogP contribution in [0.4, 0.5) is 4.79 Å². The number of carbonyl (C=O) groups excluding carboxylic acids is 3. The lowest BCUT2D eigenvalue weighted by molar-refractivity contribution is -0.146. The molecular weight excluding hydrogens is 470 g/mol. The van der Waals surface area contributed by atoms with Crippen molar-refractivity contribution in [2.24, 2.45) is 11.8 Å². The van der Waals surface area contributed by atoms with Crippen molar-refractivity contribution in [2.75, 3.05) is 0 Å². The van der Waals surface area contributed by atoms with Crippen molar-refractivity contribution < 1.29 is 24.2 Å². The number of carbonyl (C=O) groups is 3. The number of nitrogens with one attached hydrogen (secondary N) is 2. The zero-order valence-corrected chi connectivity index (χ0v) is 24.6. The minimum Gasteiger partial charge on any atom is -0.507 e. The normalized spacial score (nSPS) is 14.3. The molecule has 1 aromatic rings. The molecule has 3 atom stereocenters.